The van der Waals surface area contributed by atoms with E-state index >= 15 is 0 Å². The number of halogens is 3. The van der Waals surface area contributed by atoms with Crippen molar-refractivity contribution in [1.82, 2.24) is 0 Å². The summed E-state index contributed by atoms with van der Waals surface area (Å²) in [6.45, 7) is 0.0917. The molecule has 0 saturated carbocycles. The van der Waals surface area contributed by atoms with E-state index in [0.717, 1.165) is 18.6 Å². The van der Waals surface area contributed by atoms with Gasteiger partial charge in [0.2, 0.25) is 0 Å². The highest BCUT2D eigenvalue weighted by Gasteiger charge is 2.30. The number of alkyl halides is 3. The predicted octanol–water partition coefficient (Wildman–Crippen LogP) is 3.44. The zero-order valence-electron chi connectivity index (χ0n) is 9.83. The molecular weight excluding hydrogens is 245 g/mol. The Balaban J connectivity index is 2.54. The number of hydrogen-bond acceptors (Lipinski definition) is 2. The average Bonchev–Trinajstić information content (AvgIpc) is 2.33. The number of Topliss-reactive ketones (excluding diaryl/α,β-unsaturated/α-hetero) is 1. The van der Waals surface area contributed by atoms with Gasteiger partial charge in [-0.25, -0.2) is 0 Å². The molecule has 0 radical (unpaired) electrons. The van der Waals surface area contributed by atoms with Gasteiger partial charge in [-0.05, 0) is 25.0 Å². The second-order valence-electron chi connectivity index (χ2n) is 4.03. The summed E-state index contributed by atoms with van der Waals surface area (Å²) >= 11 is 0. The highest BCUT2D eigenvalue weighted by Crippen LogP contribution is 2.29. The molecule has 0 aliphatic heterocycles. The molecule has 1 aromatic carbocycles. The maximum Gasteiger partial charge on any atom is 0.416 e. The number of rotatable bonds is 6. The number of unbranched alkanes of at least 4 members (excludes halogenated alkanes) is 2. The normalized spacial score (nSPS) is 11.6. The van der Waals surface area contributed by atoms with Crippen molar-refractivity contribution in [3.8, 4) is 0 Å². The van der Waals surface area contributed by atoms with Crippen LogP contribution >= 0.6 is 0 Å². The standard InChI is InChI=1S/C13H15F3O2/c14-13(15,16)11-7-5-10(6-8-11)12(18)4-2-1-3-9-17/h5-8,17H,1-4,9H2. The molecule has 0 amide bonds. The highest BCUT2D eigenvalue weighted by atomic mass is 19.4. The number of aliphatic hydroxyl groups is 1. The van der Waals surface area contributed by atoms with Gasteiger partial charge in [-0.2, -0.15) is 13.2 Å². The number of carbonyl (C=O) groups is 1. The molecule has 0 saturated heterocycles. The van der Waals surface area contributed by atoms with Gasteiger partial charge in [-0.3, -0.25) is 4.79 Å². The van der Waals surface area contributed by atoms with Crippen LogP contribution < -0.4 is 0 Å². The molecule has 0 bridgehead atoms. The third kappa shape index (κ3) is 4.49. The van der Waals surface area contributed by atoms with Crippen LogP contribution in [0.3, 0.4) is 0 Å². The second-order valence-corrected chi connectivity index (χ2v) is 4.03. The van der Waals surface area contributed by atoms with E-state index in [0.29, 0.717) is 24.8 Å². The van der Waals surface area contributed by atoms with Crippen LogP contribution in [0.25, 0.3) is 0 Å². The van der Waals surface area contributed by atoms with Crippen molar-refractivity contribution in [1.29, 1.82) is 0 Å². The first-order valence-corrected chi connectivity index (χ1v) is 5.76. The van der Waals surface area contributed by atoms with Crippen molar-refractivity contribution in [3.05, 3.63) is 35.4 Å². The quantitative estimate of drug-likeness (QED) is 0.628. The third-order valence-corrected chi connectivity index (χ3v) is 2.60. The lowest BCUT2D eigenvalue weighted by Crippen LogP contribution is -2.06. The zero-order valence-corrected chi connectivity index (χ0v) is 9.83. The maximum atomic E-state index is 12.3. The van der Waals surface area contributed by atoms with Gasteiger partial charge >= 0.3 is 6.18 Å². The van der Waals surface area contributed by atoms with E-state index in [9.17, 15) is 18.0 Å². The lowest BCUT2D eigenvalue weighted by atomic mass is 10.0. The van der Waals surface area contributed by atoms with Crippen LogP contribution in [0, 0.1) is 0 Å². The molecule has 1 rings (SSSR count). The summed E-state index contributed by atoms with van der Waals surface area (Å²) in [4.78, 5) is 11.6. The van der Waals surface area contributed by atoms with E-state index in [1.807, 2.05) is 0 Å². The Bertz CT molecular complexity index is 382. The fourth-order valence-electron chi connectivity index (χ4n) is 1.56. The van der Waals surface area contributed by atoms with Gasteiger partial charge < -0.3 is 5.11 Å². The van der Waals surface area contributed by atoms with Crippen molar-refractivity contribution in [2.75, 3.05) is 6.61 Å². The van der Waals surface area contributed by atoms with Crippen LogP contribution in [-0.4, -0.2) is 17.5 Å². The summed E-state index contributed by atoms with van der Waals surface area (Å²) in [5.74, 6) is -0.165. The largest absolute Gasteiger partial charge is 0.416 e. The van der Waals surface area contributed by atoms with E-state index < -0.39 is 11.7 Å². The zero-order chi connectivity index (χ0) is 13.6. The number of carbonyl (C=O) groups excluding carboxylic acids is 1. The lowest BCUT2D eigenvalue weighted by Gasteiger charge is -2.07. The lowest BCUT2D eigenvalue weighted by molar-refractivity contribution is -0.137. The van der Waals surface area contributed by atoms with Gasteiger partial charge in [0.1, 0.15) is 0 Å². The van der Waals surface area contributed by atoms with Gasteiger partial charge in [0, 0.05) is 18.6 Å². The molecule has 0 spiro atoms. The van der Waals surface area contributed by atoms with Crippen LogP contribution in [-0.2, 0) is 6.18 Å². The number of hydrogen-bond donors (Lipinski definition) is 1. The number of ketones is 1. The van der Waals surface area contributed by atoms with Crippen molar-refractivity contribution < 1.29 is 23.1 Å². The van der Waals surface area contributed by atoms with Crippen LogP contribution in [0.2, 0.25) is 0 Å². The van der Waals surface area contributed by atoms with Crippen molar-refractivity contribution in [2.45, 2.75) is 31.9 Å². The molecule has 100 valence electrons. The van der Waals surface area contributed by atoms with Crippen molar-refractivity contribution in [2.24, 2.45) is 0 Å². The predicted molar refractivity (Wildman–Crippen MR) is 61.3 cm³/mol. The first-order valence-electron chi connectivity index (χ1n) is 5.76. The van der Waals surface area contributed by atoms with Gasteiger partial charge in [-0.15, -0.1) is 0 Å². The Hall–Kier alpha value is -1.36. The van der Waals surface area contributed by atoms with E-state index in [1.54, 1.807) is 0 Å². The molecule has 0 fully saturated rings. The summed E-state index contributed by atoms with van der Waals surface area (Å²) in [6.07, 6.45) is -2.06. The average molecular weight is 260 g/mol. The summed E-state index contributed by atoms with van der Waals surface area (Å²) in [7, 11) is 0. The van der Waals surface area contributed by atoms with Crippen molar-refractivity contribution in [3.63, 3.8) is 0 Å². The van der Waals surface area contributed by atoms with Crippen LogP contribution in [0.5, 0.6) is 0 Å². The molecule has 0 atom stereocenters. The number of aliphatic hydroxyl groups excluding tert-OH is 1. The fraction of sp³-hybridized carbons (Fsp3) is 0.462. The van der Waals surface area contributed by atoms with Crippen molar-refractivity contribution >= 4 is 5.78 Å². The molecule has 5 heteroatoms. The smallest absolute Gasteiger partial charge is 0.396 e. The minimum Gasteiger partial charge on any atom is -0.396 e. The summed E-state index contributed by atoms with van der Waals surface area (Å²) in [5.41, 5.74) is -0.452. The molecule has 0 aromatic heterocycles. The van der Waals surface area contributed by atoms with Crippen LogP contribution in [0.4, 0.5) is 13.2 Å². The second kappa shape index (κ2) is 6.54. The molecule has 1 N–H and O–H groups in total. The molecule has 2 nitrogen and oxygen atoms in total. The van der Waals surface area contributed by atoms with Gasteiger partial charge in [0.05, 0.1) is 5.56 Å². The Kier molecular flexibility index (Phi) is 5.34. The van der Waals surface area contributed by atoms with Gasteiger partial charge in [0.15, 0.2) is 5.78 Å². The van der Waals surface area contributed by atoms with Crippen LogP contribution in [0.1, 0.15) is 41.6 Å². The molecule has 1 aromatic rings. The van der Waals surface area contributed by atoms with Gasteiger partial charge in [-0.1, -0.05) is 18.6 Å². The summed E-state index contributed by atoms with van der Waals surface area (Å²) < 4.78 is 36.9. The Morgan fingerprint density at radius 3 is 2.17 bits per heavy atom. The minimum atomic E-state index is -4.37. The first kappa shape index (κ1) is 14.7. The topological polar surface area (TPSA) is 37.3 Å². The molecule has 0 heterocycles. The summed E-state index contributed by atoms with van der Waals surface area (Å²) in [5, 5.41) is 8.56. The van der Waals surface area contributed by atoms with E-state index in [1.165, 1.54) is 12.1 Å². The Morgan fingerprint density at radius 2 is 1.67 bits per heavy atom. The Labute approximate surface area is 103 Å². The Morgan fingerprint density at radius 1 is 1.06 bits per heavy atom. The first-order chi connectivity index (χ1) is 8.45. The molecule has 18 heavy (non-hydrogen) atoms. The fourth-order valence-corrected chi connectivity index (χ4v) is 1.56. The highest BCUT2D eigenvalue weighted by molar-refractivity contribution is 5.96. The molecular formula is C13H15F3O2. The van der Waals surface area contributed by atoms with E-state index in [2.05, 4.69) is 0 Å². The molecule has 0 unspecified atom stereocenters. The van der Waals surface area contributed by atoms with Crippen LogP contribution in [0.15, 0.2) is 24.3 Å². The molecule has 0 aliphatic rings. The van der Waals surface area contributed by atoms with E-state index in [-0.39, 0.29) is 12.4 Å². The number of benzene rings is 1. The maximum absolute atomic E-state index is 12.3. The third-order valence-electron chi connectivity index (χ3n) is 2.60. The monoisotopic (exact) mass is 260 g/mol. The van der Waals surface area contributed by atoms with E-state index in [4.69, 9.17) is 5.11 Å². The summed E-state index contributed by atoms with van der Waals surface area (Å²) in [6, 6.07) is 4.25. The SMILES string of the molecule is O=C(CCCCCO)c1ccc(C(F)(F)F)cc1. The van der Waals surface area contributed by atoms with Gasteiger partial charge in [0.25, 0.3) is 0 Å². The molecule has 0 aliphatic carbocycles. The minimum absolute atomic E-state index is 0.0917.